The molecule has 1 aliphatic rings. The van der Waals surface area contributed by atoms with E-state index in [2.05, 4.69) is 46.9 Å². The first-order valence-corrected chi connectivity index (χ1v) is 13.3. The summed E-state index contributed by atoms with van der Waals surface area (Å²) in [4.78, 5) is 14.5. The van der Waals surface area contributed by atoms with Crippen LogP contribution in [0.3, 0.4) is 0 Å². The number of H-pyrrole nitrogens is 1. The van der Waals surface area contributed by atoms with Gasteiger partial charge in [-0.1, -0.05) is 20.4 Å². The van der Waals surface area contributed by atoms with Crippen LogP contribution in [0.25, 0.3) is 11.3 Å². The monoisotopic (exact) mass is 538 g/mol. The number of amides is 1. The average molecular weight is 539 g/mol. The van der Waals surface area contributed by atoms with E-state index in [4.69, 9.17) is 9.47 Å². The molecule has 2 N–H and O–H groups in total. The maximum atomic E-state index is 15.2. The number of methoxy groups -OCH3 is 2. The van der Waals surface area contributed by atoms with Crippen molar-refractivity contribution in [1.29, 1.82) is 0 Å². The van der Waals surface area contributed by atoms with Gasteiger partial charge in [0.2, 0.25) is 5.91 Å². The van der Waals surface area contributed by atoms with Gasteiger partial charge >= 0.3 is 0 Å². The van der Waals surface area contributed by atoms with Gasteiger partial charge < -0.3 is 19.7 Å². The maximum Gasteiger partial charge on any atom is 0.247 e. The van der Waals surface area contributed by atoms with Crippen molar-refractivity contribution >= 4 is 17.3 Å². The molecular weight excluding hydrogens is 502 g/mol. The Morgan fingerprint density at radius 1 is 1.15 bits per heavy atom. The number of carbonyl (C=O) groups excluding carboxylic acids is 1. The molecule has 1 aliphatic carbocycles. The molecule has 7 nitrogen and oxygen atoms in total. The fourth-order valence-corrected chi connectivity index (χ4v) is 5.37. The van der Waals surface area contributed by atoms with Crippen LogP contribution in [0.5, 0.6) is 11.5 Å². The molecule has 1 atom stereocenters. The van der Waals surface area contributed by atoms with Crippen molar-refractivity contribution in [2.24, 2.45) is 0 Å². The van der Waals surface area contributed by atoms with Crippen molar-refractivity contribution in [1.82, 2.24) is 10.2 Å². The Balaban J connectivity index is 1.75. The molecule has 208 valence electrons. The van der Waals surface area contributed by atoms with Crippen LogP contribution in [0.15, 0.2) is 36.9 Å². The lowest BCUT2D eigenvalue weighted by molar-refractivity contribution is -0.111. The summed E-state index contributed by atoms with van der Waals surface area (Å²) in [6, 6.07) is 7.18. The molecule has 0 bridgehead atoms. The highest BCUT2D eigenvalue weighted by atomic mass is 19.1. The number of benzene rings is 2. The molecule has 2 aromatic carbocycles. The van der Waals surface area contributed by atoms with E-state index in [1.165, 1.54) is 26.4 Å². The minimum atomic E-state index is -0.710. The van der Waals surface area contributed by atoms with Crippen molar-refractivity contribution in [2.75, 3.05) is 37.5 Å². The van der Waals surface area contributed by atoms with Gasteiger partial charge in [-0.05, 0) is 62.3 Å². The summed E-state index contributed by atoms with van der Waals surface area (Å²) < 4.78 is 40.7. The molecule has 0 radical (unpaired) electrons. The molecular formula is C30H36F2N4O3. The minimum absolute atomic E-state index is 0.0382. The summed E-state index contributed by atoms with van der Waals surface area (Å²) in [5.41, 5.74) is 4.94. The van der Waals surface area contributed by atoms with Crippen LogP contribution in [-0.2, 0) is 17.6 Å². The standard InChI is InChI=1S/C30H36F2N4O3/c1-6-13-36(14-7-2)19-10-12-22(33-26(37)8-3)21(16-19)30-20-11-9-18(15-23(20)34-35-30)27-28(31)24(38-4)17-25(39-5)29(27)32/h8,10,12,16-18H,3,6-7,9,11,13-15H2,1-2,4-5H3,(H,33,37)(H,34,35). The molecule has 1 unspecified atom stereocenters. The number of nitrogens with zero attached hydrogens (tertiary/aromatic N) is 2. The lowest BCUT2D eigenvalue weighted by Gasteiger charge is -2.26. The first-order valence-electron chi connectivity index (χ1n) is 13.3. The number of anilines is 2. The van der Waals surface area contributed by atoms with Crippen LogP contribution in [0.1, 0.15) is 55.8 Å². The number of nitrogens with one attached hydrogen (secondary N) is 2. The SMILES string of the molecule is C=CC(=O)Nc1ccc(N(CCC)CCC)cc1-c1n[nH]c2c1CCC(c1c(F)c(OC)cc(OC)c1F)C2. The highest BCUT2D eigenvalue weighted by Gasteiger charge is 2.32. The van der Waals surface area contributed by atoms with Gasteiger partial charge in [0.1, 0.15) is 0 Å². The summed E-state index contributed by atoms with van der Waals surface area (Å²) in [6.45, 7) is 9.68. The van der Waals surface area contributed by atoms with Gasteiger partial charge in [0.15, 0.2) is 23.1 Å². The zero-order valence-corrected chi connectivity index (χ0v) is 23.0. The normalized spacial score (nSPS) is 14.5. The number of ether oxygens (including phenoxy) is 2. The lowest BCUT2D eigenvalue weighted by Crippen LogP contribution is -2.25. The number of halogens is 2. The Morgan fingerprint density at radius 2 is 1.82 bits per heavy atom. The van der Waals surface area contributed by atoms with E-state index in [-0.39, 0.29) is 23.0 Å². The van der Waals surface area contributed by atoms with Crippen LogP contribution in [0.4, 0.5) is 20.2 Å². The van der Waals surface area contributed by atoms with E-state index in [0.717, 1.165) is 54.1 Å². The molecule has 1 heterocycles. The summed E-state index contributed by atoms with van der Waals surface area (Å²) in [6.07, 6.45) is 4.68. The molecule has 39 heavy (non-hydrogen) atoms. The second-order valence-electron chi connectivity index (χ2n) is 9.70. The summed E-state index contributed by atoms with van der Waals surface area (Å²) in [7, 11) is 2.69. The van der Waals surface area contributed by atoms with Crippen LogP contribution in [0, 0.1) is 11.6 Å². The van der Waals surface area contributed by atoms with E-state index in [9.17, 15) is 4.79 Å². The zero-order valence-electron chi connectivity index (χ0n) is 23.0. The van der Waals surface area contributed by atoms with E-state index in [1.807, 2.05) is 12.1 Å². The molecule has 0 aliphatic heterocycles. The maximum absolute atomic E-state index is 15.2. The summed E-state index contributed by atoms with van der Waals surface area (Å²) in [5, 5.41) is 10.7. The Morgan fingerprint density at radius 3 is 2.41 bits per heavy atom. The Bertz CT molecular complexity index is 1320. The highest BCUT2D eigenvalue weighted by Crippen LogP contribution is 2.43. The molecule has 0 spiro atoms. The molecule has 0 fully saturated rings. The molecule has 0 saturated heterocycles. The largest absolute Gasteiger partial charge is 0.494 e. The minimum Gasteiger partial charge on any atom is -0.494 e. The number of fused-ring (bicyclic) bond motifs is 1. The Labute approximate surface area is 228 Å². The second kappa shape index (κ2) is 12.3. The van der Waals surface area contributed by atoms with Crippen LogP contribution < -0.4 is 19.7 Å². The number of aromatic amines is 1. The average Bonchev–Trinajstić information content (AvgIpc) is 3.36. The van der Waals surface area contributed by atoms with Crippen molar-refractivity contribution in [3.63, 3.8) is 0 Å². The predicted molar refractivity (Wildman–Crippen MR) is 150 cm³/mol. The number of rotatable bonds is 11. The predicted octanol–water partition coefficient (Wildman–Crippen LogP) is 6.40. The van der Waals surface area contributed by atoms with Crippen molar-refractivity contribution in [3.8, 4) is 22.8 Å². The van der Waals surface area contributed by atoms with Crippen LogP contribution in [-0.4, -0.2) is 43.4 Å². The van der Waals surface area contributed by atoms with E-state index < -0.39 is 17.6 Å². The van der Waals surface area contributed by atoms with Crippen molar-refractivity contribution < 1.29 is 23.0 Å². The first-order chi connectivity index (χ1) is 18.9. The van der Waals surface area contributed by atoms with Gasteiger partial charge in [-0.25, -0.2) is 8.78 Å². The number of hydrogen-bond acceptors (Lipinski definition) is 5. The first kappa shape index (κ1) is 28.1. The molecule has 1 amide bonds. The molecule has 1 aromatic heterocycles. The number of carbonyl (C=O) groups is 1. The number of aromatic nitrogens is 2. The Hall–Kier alpha value is -3.88. The number of hydrogen-bond donors (Lipinski definition) is 2. The van der Waals surface area contributed by atoms with E-state index in [0.29, 0.717) is 24.9 Å². The third-order valence-electron chi connectivity index (χ3n) is 7.22. The van der Waals surface area contributed by atoms with E-state index in [1.54, 1.807) is 0 Å². The fourth-order valence-electron chi connectivity index (χ4n) is 5.37. The Kier molecular flexibility index (Phi) is 8.89. The fraction of sp³-hybridized carbons (Fsp3) is 0.400. The smallest absolute Gasteiger partial charge is 0.247 e. The van der Waals surface area contributed by atoms with Crippen LogP contribution >= 0.6 is 0 Å². The third-order valence-corrected chi connectivity index (χ3v) is 7.22. The molecule has 4 rings (SSSR count). The molecule has 9 heteroatoms. The van der Waals surface area contributed by atoms with Gasteiger partial charge in [0, 0.05) is 47.2 Å². The van der Waals surface area contributed by atoms with Gasteiger partial charge in [0.05, 0.1) is 25.6 Å². The topological polar surface area (TPSA) is 79.5 Å². The van der Waals surface area contributed by atoms with E-state index >= 15 is 8.78 Å². The summed E-state index contributed by atoms with van der Waals surface area (Å²) in [5.74, 6) is -2.27. The second-order valence-corrected chi connectivity index (χ2v) is 9.70. The van der Waals surface area contributed by atoms with Gasteiger partial charge in [-0.3, -0.25) is 9.89 Å². The molecule has 0 saturated carbocycles. The quantitative estimate of drug-likeness (QED) is 0.276. The van der Waals surface area contributed by atoms with Gasteiger partial charge in [0.25, 0.3) is 0 Å². The highest BCUT2D eigenvalue weighted by molar-refractivity contribution is 6.02. The van der Waals surface area contributed by atoms with Crippen molar-refractivity contribution in [3.05, 3.63) is 65.4 Å². The van der Waals surface area contributed by atoms with Crippen LogP contribution in [0.2, 0.25) is 0 Å². The summed E-state index contributed by atoms with van der Waals surface area (Å²) >= 11 is 0. The lowest BCUT2D eigenvalue weighted by atomic mass is 9.81. The van der Waals surface area contributed by atoms with Gasteiger partial charge in [-0.15, -0.1) is 0 Å². The third kappa shape index (κ3) is 5.62. The van der Waals surface area contributed by atoms with Gasteiger partial charge in [-0.2, -0.15) is 5.10 Å². The zero-order chi connectivity index (χ0) is 28.1. The van der Waals surface area contributed by atoms with Crippen molar-refractivity contribution in [2.45, 2.75) is 51.9 Å². The molecule has 3 aromatic rings.